The van der Waals surface area contributed by atoms with Gasteiger partial charge in [0.15, 0.2) is 9.84 Å². The zero-order valence-electron chi connectivity index (χ0n) is 13.7. The van der Waals surface area contributed by atoms with Crippen LogP contribution in [0.5, 0.6) is 0 Å². The molecule has 0 saturated carbocycles. The molecule has 0 aliphatic heterocycles. The maximum absolute atomic E-state index is 12.2. The van der Waals surface area contributed by atoms with Gasteiger partial charge in [0.1, 0.15) is 6.10 Å². The molecule has 1 aromatic heterocycles. The fourth-order valence-corrected chi connectivity index (χ4v) is 4.41. The summed E-state index contributed by atoms with van der Waals surface area (Å²) in [5.41, 5.74) is 0. The van der Waals surface area contributed by atoms with Crippen LogP contribution >= 0.6 is 11.3 Å². The summed E-state index contributed by atoms with van der Waals surface area (Å²) in [5, 5.41) is 2.74. The van der Waals surface area contributed by atoms with Crippen molar-refractivity contribution in [3.05, 3.63) is 52.2 Å². The van der Waals surface area contributed by atoms with Crippen LogP contribution in [0.4, 0.5) is 0 Å². The lowest BCUT2D eigenvalue weighted by Crippen LogP contribution is -2.30. The summed E-state index contributed by atoms with van der Waals surface area (Å²) < 4.78 is 29.7. The number of aryl methyl sites for hydroxylation is 1. The summed E-state index contributed by atoms with van der Waals surface area (Å²) in [5.74, 6) is -0.511. The Kier molecular flexibility index (Phi) is 6.53. The van der Waals surface area contributed by atoms with Crippen molar-refractivity contribution in [1.29, 1.82) is 0 Å². The van der Waals surface area contributed by atoms with Crippen molar-refractivity contribution in [2.75, 3.05) is 19.4 Å². The first-order valence-electron chi connectivity index (χ1n) is 7.56. The van der Waals surface area contributed by atoms with E-state index < -0.39 is 9.84 Å². The van der Waals surface area contributed by atoms with E-state index in [1.807, 2.05) is 19.1 Å². The van der Waals surface area contributed by atoms with Crippen molar-refractivity contribution < 1.29 is 17.9 Å². The maximum atomic E-state index is 12.2. The number of carbonyl (C=O) groups excluding carboxylic acids is 1. The van der Waals surface area contributed by atoms with Gasteiger partial charge in [-0.15, -0.1) is 11.3 Å². The monoisotopic (exact) mass is 367 g/mol. The summed E-state index contributed by atoms with van der Waals surface area (Å²) in [7, 11) is -1.85. The molecule has 2 aromatic rings. The Labute approximate surface area is 146 Å². The summed E-state index contributed by atoms with van der Waals surface area (Å²) in [4.78, 5) is 14.4. The molecule has 130 valence electrons. The van der Waals surface area contributed by atoms with Gasteiger partial charge in [-0.3, -0.25) is 4.79 Å². The lowest BCUT2D eigenvalue weighted by molar-refractivity contribution is -0.121. The Balaban J connectivity index is 1.85. The first kappa shape index (κ1) is 18.6. The molecule has 1 N–H and O–H groups in total. The molecule has 0 aliphatic rings. The zero-order valence-corrected chi connectivity index (χ0v) is 15.3. The summed E-state index contributed by atoms with van der Waals surface area (Å²) in [6.07, 6.45) is -0.296. The minimum absolute atomic E-state index is 0.0723. The second kappa shape index (κ2) is 8.41. The standard InChI is InChI=1S/C17H21NO4S2/c1-13-8-9-16(23-13)15(22-2)12-18-17(19)10-11-24(20,21)14-6-4-3-5-7-14/h3-9,15H,10-12H2,1-2H3,(H,18,19). The van der Waals surface area contributed by atoms with E-state index in [9.17, 15) is 13.2 Å². The van der Waals surface area contributed by atoms with Crippen LogP contribution in [-0.2, 0) is 19.4 Å². The highest BCUT2D eigenvalue weighted by Gasteiger charge is 2.18. The number of thiophene rings is 1. The van der Waals surface area contributed by atoms with Crippen LogP contribution in [0.3, 0.4) is 0 Å². The second-order valence-electron chi connectivity index (χ2n) is 5.36. The Morgan fingerprint density at radius 2 is 1.92 bits per heavy atom. The molecule has 0 bridgehead atoms. The fourth-order valence-electron chi connectivity index (χ4n) is 2.19. The van der Waals surface area contributed by atoms with E-state index in [0.717, 1.165) is 4.88 Å². The van der Waals surface area contributed by atoms with Crippen molar-refractivity contribution in [2.24, 2.45) is 0 Å². The van der Waals surface area contributed by atoms with E-state index in [1.54, 1.807) is 36.6 Å². The molecule has 2 rings (SSSR count). The van der Waals surface area contributed by atoms with Crippen LogP contribution in [0.2, 0.25) is 0 Å². The Bertz CT molecular complexity index is 769. The fraction of sp³-hybridized carbons (Fsp3) is 0.353. The number of sulfone groups is 1. The van der Waals surface area contributed by atoms with Gasteiger partial charge in [0.25, 0.3) is 0 Å². The Morgan fingerprint density at radius 3 is 2.50 bits per heavy atom. The Morgan fingerprint density at radius 1 is 1.21 bits per heavy atom. The normalized spacial score (nSPS) is 12.8. The molecule has 0 spiro atoms. The number of benzene rings is 1. The molecule has 1 amide bonds. The van der Waals surface area contributed by atoms with Crippen LogP contribution in [-0.4, -0.2) is 33.7 Å². The largest absolute Gasteiger partial charge is 0.374 e. The van der Waals surface area contributed by atoms with Crippen molar-refractivity contribution in [1.82, 2.24) is 5.32 Å². The average molecular weight is 367 g/mol. The quantitative estimate of drug-likeness (QED) is 0.779. The first-order chi connectivity index (χ1) is 11.4. The number of amides is 1. The number of hydrogen-bond acceptors (Lipinski definition) is 5. The van der Waals surface area contributed by atoms with E-state index in [-0.39, 0.29) is 29.1 Å². The van der Waals surface area contributed by atoms with E-state index in [0.29, 0.717) is 6.54 Å². The van der Waals surface area contributed by atoms with Gasteiger partial charge in [-0.1, -0.05) is 18.2 Å². The van der Waals surface area contributed by atoms with Crippen molar-refractivity contribution >= 4 is 27.1 Å². The molecule has 24 heavy (non-hydrogen) atoms. The highest BCUT2D eigenvalue weighted by molar-refractivity contribution is 7.91. The summed E-state index contributed by atoms with van der Waals surface area (Å²) >= 11 is 1.61. The van der Waals surface area contributed by atoms with Crippen LogP contribution < -0.4 is 5.32 Å². The number of nitrogens with one attached hydrogen (secondary N) is 1. The molecular weight excluding hydrogens is 346 g/mol. The highest BCUT2D eigenvalue weighted by Crippen LogP contribution is 2.24. The SMILES string of the molecule is COC(CNC(=O)CCS(=O)(=O)c1ccccc1)c1ccc(C)s1. The molecule has 0 radical (unpaired) electrons. The van der Waals surface area contributed by atoms with Gasteiger partial charge < -0.3 is 10.1 Å². The zero-order chi connectivity index (χ0) is 17.6. The van der Waals surface area contributed by atoms with Gasteiger partial charge in [0.05, 0.1) is 10.6 Å². The minimum Gasteiger partial charge on any atom is -0.374 e. The molecule has 0 saturated heterocycles. The second-order valence-corrected chi connectivity index (χ2v) is 8.79. The molecule has 0 aliphatic carbocycles. The number of carbonyl (C=O) groups is 1. The predicted molar refractivity (Wildman–Crippen MR) is 94.9 cm³/mol. The van der Waals surface area contributed by atoms with E-state index in [4.69, 9.17) is 4.74 Å². The van der Waals surface area contributed by atoms with Gasteiger partial charge in [-0.05, 0) is 31.2 Å². The van der Waals surface area contributed by atoms with Crippen molar-refractivity contribution in [2.45, 2.75) is 24.3 Å². The number of hydrogen-bond donors (Lipinski definition) is 1. The molecule has 1 aromatic carbocycles. The minimum atomic E-state index is -3.44. The molecule has 7 heteroatoms. The third-order valence-electron chi connectivity index (χ3n) is 3.55. The van der Waals surface area contributed by atoms with Crippen LogP contribution in [0, 0.1) is 6.92 Å². The van der Waals surface area contributed by atoms with E-state index in [1.165, 1.54) is 17.0 Å². The third kappa shape index (κ3) is 5.15. The molecule has 1 atom stereocenters. The van der Waals surface area contributed by atoms with Crippen LogP contribution in [0.25, 0.3) is 0 Å². The van der Waals surface area contributed by atoms with Crippen molar-refractivity contribution in [3.8, 4) is 0 Å². The highest BCUT2D eigenvalue weighted by atomic mass is 32.2. The van der Waals surface area contributed by atoms with Gasteiger partial charge in [0, 0.05) is 29.8 Å². The summed E-state index contributed by atoms with van der Waals surface area (Å²) in [6, 6.07) is 12.1. The third-order valence-corrected chi connectivity index (χ3v) is 6.37. The smallest absolute Gasteiger partial charge is 0.221 e. The van der Waals surface area contributed by atoms with E-state index >= 15 is 0 Å². The summed E-state index contributed by atoms with van der Waals surface area (Å²) in [6.45, 7) is 2.33. The number of ether oxygens (including phenoxy) is 1. The molecule has 0 fully saturated rings. The number of methoxy groups -OCH3 is 1. The van der Waals surface area contributed by atoms with E-state index in [2.05, 4.69) is 5.32 Å². The van der Waals surface area contributed by atoms with Gasteiger partial charge >= 0.3 is 0 Å². The Hall–Kier alpha value is -1.70. The number of rotatable bonds is 8. The predicted octanol–water partition coefficient (Wildman–Crippen LogP) is 2.72. The van der Waals surface area contributed by atoms with Crippen LogP contribution in [0.1, 0.15) is 22.3 Å². The lowest BCUT2D eigenvalue weighted by atomic mass is 10.3. The van der Waals surface area contributed by atoms with Gasteiger partial charge in [0.2, 0.25) is 5.91 Å². The molecule has 1 heterocycles. The molecular formula is C17H21NO4S2. The van der Waals surface area contributed by atoms with Gasteiger partial charge in [-0.2, -0.15) is 0 Å². The maximum Gasteiger partial charge on any atom is 0.221 e. The molecule has 5 nitrogen and oxygen atoms in total. The van der Waals surface area contributed by atoms with Crippen molar-refractivity contribution in [3.63, 3.8) is 0 Å². The average Bonchev–Trinajstić information content (AvgIpc) is 3.01. The molecule has 1 unspecified atom stereocenters. The van der Waals surface area contributed by atoms with Crippen LogP contribution in [0.15, 0.2) is 47.4 Å². The lowest BCUT2D eigenvalue weighted by Gasteiger charge is -2.14. The first-order valence-corrected chi connectivity index (χ1v) is 10.0. The topological polar surface area (TPSA) is 72.5 Å². The van der Waals surface area contributed by atoms with Gasteiger partial charge in [-0.25, -0.2) is 8.42 Å².